The molecule has 0 fully saturated rings. The Kier molecular flexibility index (Phi) is 6.30. The fraction of sp³-hybridized carbons (Fsp3) is 0.562. The molecular formula is C16H24INO2. The first-order valence-corrected chi connectivity index (χ1v) is 6.89. The molecule has 0 radical (unpaired) electrons. The van der Waals surface area contributed by atoms with Crippen molar-refractivity contribution in [2.24, 2.45) is 5.92 Å². The normalized spacial score (nSPS) is 13.9. The first-order valence-electron chi connectivity index (χ1n) is 6.89. The van der Waals surface area contributed by atoms with Gasteiger partial charge in [0.15, 0.2) is 17.2 Å². The lowest BCUT2D eigenvalue weighted by atomic mass is 9.91. The van der Waals surface area contributed by atoms with Gasteiger partial charge in [-0.3, -0.25) is 0 Å². The topological polar surface area (TPSA) is 21.5 Å². The van der Waals surface area contributed by atoms with Gasteiger partial charge in [0.25, 0.3) is 0 Å². The van der Waals surface area contributed by atoms with Crippen LogP contribution in [0.2, 0.25) is 0 Å². The number of hydrogen-bond acceptors (Lipinski definition) is 2. The van der Waals surface area contributed by atoms with Crippen LogP contribution in [-0.4, -0.2) is 38.1 Å². The minimum absolute atomic E-state index is 0. The lowest BCUT2D eigenvalue weighted by molar-refractivity contribution is -0.499. The fourth-order valence-electron chi connectivity index (χ4n) is 2.68. The molecule has 2 rings (SSSR count). The van der Waals surface area contributed by atoms with E-state index in [1.807, 2.05) is 0 Å². The zero-order valence-corrected chi connectivity index (χ0v) is 15.2. The number of likely N-dealkylation sites (N-methyl/N-ethyl adjacent to an activating group) is 1. The number of ether oxygens (including phenoxy) is 2. The van der Waals surface area contributed by atoms with E-state index in [1.54, 1.807) is 14.2 Å². The van der Waals surface area contributed by atoms with Gasteiger partial charge in [-0.05, 0) is 23.6 Å². The molecule has 0 aromatic heterocycles. The maximum absolute atomic E-state index is 5.43. The van der Waals surface area contributed by atoms with Crippen molar-refractivity contribution in [3.63, 3.8) is 0 Å². The molecule has 1 aliphatic rings. The van der Waals surface area contributed by atoms with Crippen molar-refractivity contribution in [2.45, 2.75) is 26.7 Å². The number of halogens is 1. The summed E-state index contributed by atoms with van der Waals surface area (Å²) in [6.07, 6.45) is 2.16. The van der Waals surface area contributed by atoms with E-state index in [1.165, 1.54) is 16.8 Å². The van der Waals surface area contributed by atoms with Crippen LogP contribution in [0.25, 0.3) is 0 Å². The monoisotopic (exact) mass is 389 g/mol. The molecule has 1 heterocycles. The largest absolute Gasteiger partial charge is 1.00 e. The molecule has 0 spiro atoms. The zero-order valence-electron chi connectivity index (χ0n) is 13.0. The smallest absolute Gasteiger partial charge is 0.183 e. The second kappa shape index (κ2) is 7.29. The molecule has 1 aromatic rings. The third kappa shape index (κ3) is 3.45. The molecule has 0 amide bonds. The molecule has 3 nitrogen and oxygen atoms in total. The Morgan fingerprint density at radius 1 is 1.15 bits per heavy atom. The van der Waals surface area contributed by atoms with Crippen LogP contribution in [0, 0.1) is 5.92 Å². The van der Waals surface area contributed by atoms with E-state index in [-0.39, 0.29) is 24.0 Å². The van der Waals surface area contributed by atoms with E-state index in [0.717, 1.165) is 30.9 Å². The number of nitrogens with zero attached hydrogens (tertiary/aromatic N) is 1. The first kappa shape index (κ1) is 17.3. The summed E-state index contributed by atoms with van der Waals surface area (Å²) >= 11 is 0. The average molecular weight is 389 g/mol. The molecule has 0 aliphatic carbocycles. The van der Waals surface area contributed by atoms with Crippen LogP contribution in [0.3, 0.4) is 0 Å². The summed E-state index contributed by atoms with van der Waals surface area (Å²) in [5.74, 6) is 2.30. The quantitative estimate of drug-likeness (QED) is 0.523. The summed E-state index contributed by atoms with van der Waals surface area (Å²) in [5.41, 5.74) is 4.10. The van der Waals surface area contributed by atoms with Gasteiger partial charge in [-0.15, -0.1) is 0 Å². The highest BCUT2D eigenvalue weighted by atomic mass is 127. The molecule has 0 atom stereocenters. The number of fused-ring (bicyclic) bond motifs is 1. The van der Waals surface area contributed by atoms with Gasteiger partial charge in [-0.25, -0.2) is 4.58 Å². The van der Waals surface area contributed by atoms with Crippen molar-refractivity contribution in [1.82, 2.24) is 0 Å². The molecule has 20 heavy (non-hydrogen) atoms. The van der Waals surface area contributed by atoms with Gasteiger partial charge < -0.3 is 33.5 Å². The SMILES string of the molecule is COc1cc2c(cc1OC)C(CC(C)C)=[N+](C)CC2.[I-]. The first-order chi connectivity index (χ1) is 9.06. The van der Waals surface area contributed by atoms with Crippen molar-refractivity contribution in [1.29, 1.82) is 0 Å². The minimum atomic E-state index is 0. The Morgan fingerprint density at radius 3 is 2.30 bits per heavy atom. The van der Waals surface area contributed by atoms with E-state index in [0.29, 0.717) is 5.92 Å². The maximum Gasteiger partial charge on any atom is 0.183 e. The summed E-state index contributed by atoms with van der Waals surface area (Å²) in [4.78, 5) is 0. The highest BCUT2D eigenvalue weighted by molar-refractivity contribution is 5.99. The molecular weight excluding hydrogens is 365 g/mol. The molecule has 0 saturated heterocycles. The van der Waals surface area contributed by atoms with Crippen molar-refractivity contribution in [2.75, 3.05) is 27.8 Å². The fourth-order valence-corrected chi connectivity index (χ4v) is 2.68. The van der Waals surface area contributed by atoms with E-state index < -0.39 is 0 Å². The summed E-state index contributed by atoms with van der Waals surface area (Å²) in [7, 11) is 5.56. The summed E-state index contributed by atoms with van der Waals surface area (Å²) in [5, 5.41) is 0. The van der Waals surface area contributed by atoms with E-state index in [9.17, 15) is 0 Å². The highest BCUT2D eigenvalue weighted by Crippen LogP contribution is 2.33. The Hall–Kier alpha value is -0.780. The average Bonchev–Trinajstić information content (AvgIpc) is 2.40. The van der Waals surface area contributed by atoms with E-state index in [2.05, 4.69) is 37.6 Å². The van der Waals surface area contributed by atoms with Gasteiger partial charge in [0.1, 0.15) is 13.6 Å². The van der Waals surface area contributed by atoms with E-state index in [4.69, 9.17) is 9.47 Å². The third-order valence-electron chi connectivity index (χ3n) is 3.70. The van der Waals surface area contributed by atoms with Crippen LogP contribution in [0.4, 0.5) is 0 Å². The van der Waals surface area contributed by atoms with Crippen molar-refractivity contribution < 1.29 is 38.0 Å². The molecule has 1 aliphatic heterocycles. The molecule has 112 valence electrons. The zero-order chi connectivity index (χ0) is 14.0. The van der Waals surface area contributed by atoms with Crippen molar-refractivity contribution in [3.05, 3.63) is 23.3 Å². The standard InChI is InChI=1S/C16H24NO2.HI/c1-11(2)8-14-13-10-16(19-5)15(18-4)9-12(13)6-7-17(14)3;/h9-11H,6-8H2,1-5H3;1H/q+1;/p-1. The van der Waals surface area contributed by atoms with Crippen LogP contribution in [0.15, 0.2) is 12.1 Å². The lowest BCUT2D eigenvalue weighted by Gasteiger charge is -2.20. The predicted octanol–water partition coefficient (Wildman–Crippen LogP) is -0.259. The highest BCUT2D eigenvalue weighted by Gasteiger charge is 2.26. The van der Waals surface area contributed by atoms with Crippen LogP contribution in [0.5, 0.6) is 11.5 Å². The maximum atomic E-state index is 5.43. The number of benzene rings is 1. The van der Waals surface area contributed by atoms with Crippen molar-refractivity contribution in [3.8, 4) is 11.5 Å². The van der Waals surface area contributed by atoms with Crippen LogP contribution in [-0.2, 0) is 6.42 Å². The Labute approximate surface area is 139 Å². The molecule has 0 saturated carbocycles. The summed E-state index contributed by atoms with van der Waals surface area (Å²) in [6, 6.07) is 4.25. The Bertz CT molecular complexity index is 509. The molecule has 4 heteroatoms. The lowest BCUT2D eigenvalue weighted by Crippen LogP contribution is -3.00. The van der Waals surface area contributed by atoms with Gasteiger partial charge in [-0.1, -0.05) is 13.8 Å². The number of methoxy groups -OCH3 is 2. The molecule has 0 N–H and O–H groups in total. The van der Waals surface area contributed by atoms with Gasteiger partial charge in [0, 0.05) is 18.4 Å². The minimum Gasteiger partial charge on any atom is -1.00 e. The predicted molar refractivity (Wildman–Crippen MR) is 77.9 cm³/mol. The third-order valence-corrected chi connectivity index (χ3v) is 3.70. The van der Waals surface area contributed by atoms with Gasteiger partial charge in [-0.2, -0.15) is 0 Å². The number of rotatable bonds is 4. The van der Waals surface area contributed by atoms with Gasteiger partial charge in [0.05, 0.1) is 14.2 Å². The van der Waals surface area contributed by atoms with Gasteiger partial charge >= 0.3 is 0 Å². The summed E-state index contributed by atoms with van der Waals surface area (Å²) in [6.45, 7) is 5.59. The van der Waals surface area contributed by atoms with E-state index >= 15 is 0 Å². The summed E-state index contributed by atoms with van der Waals surface area (Å²) < 4.78 is 13.2. The van der Waals surface area contributed by atoms with Crippen LogP contribution in [0.1, 0.15) is 31.4 Å². The second-order valence-corrected chi connectivity index (χ2v) is 5.58. The Morgan fingerprint density at radius 2 is 1.75 bits per heavy atom. The second-order valence-electron chi connectivity index (χ2n) is 5.58. The van der Waals surface area contributed by atoms with Gasteiger partial charge in [0.2, 0.25) is 0 Å². The molecule has 0 bridgehead atoms. The molecule has 0 unspecified atom stereocenters. The van der Waals surface area contributed by atoms with Crippen LogP contribution < -0.4 is 33.5 Å². The Balaban J connectivity index is 0.00000200. The molecule has 1 aromatic carbocycles. The van der Waals surface area contributed by atoms with Crippen LogP contribution >= 0.6 is 0 Å². The number of hydrogen-bond donors (Lipinski definition) is 0. The van der Waals surface area contributed by atoms with Crippen molar-refractivity contribution >= 4 is 5.71 Å².